The standard InChI is InChI=1S/C14H10N2S/c1-9-6-13(17-8-9)14-11(7-15)10-4-2-3-5-12(10)16-14/h2-6,8,16H,1H3. The zero-order valence-corrected chi connectivity index (χ0v) is 10.1. The minimum absolute atomic E-state index is 0.738. The van der Waals surface area contributed by atoms with E-state index in [1.807, 2.05) is 24.3 Å². The Morgan fingerprint density at radius 1 is 1.29 bits per heavy atom. The molecule has 0 fully saturated rings. The fourth-order valence-electron chi connectivity index (χ4n) is 2.01. The molecule has 3 aromatic rings. The first-order valence-electron chi connectivity index (χ1n) is 5.36. The Morgan fingerprint density at radius 2 is 2.12 bits per heavy atom. The van der Waals surface area contributed by atoms with Crippen LogP contribution in [0.25, 0.3) is 21.5 Å². The molecule has 82 valence electrons. The van der Waals surface area contributed by atoms with Crippen molar-refractivity contribution in [3.63, 3.8) is 0 Å². The molecule has 0 bridgehead atoms. The largest absolute Gasteiger partial charge is 0.353 e. The predicted molar refractivity (Wildman–Crippen MR) is 71.1 cm³/mol. The van der Waals surface area contributed by atoms with Crippen LogP contribution >= 0.6 is 11.3 Å². The summed E-state index contributed by atoms with van der Waals surface area (Å²) in [7, 11) is 0. The van der Waals surface area contributed by atoms with Gasteiger partial charge in [0, 0.05) is 10.9 Å². The molecule has 0 saturated heterocycles. The van der Waals surface area contributed by atoms with Gasteiger partial charge in [-0.3, -0.25) is 0 Å². The third-order valence-electron chi connectivity index (χ3n) is 2.79. The molecule has 0 radical (unpaired) electrons. The number of hydrogen-bond donors (Lipinski definition) is 1. The Balaban J connectivity index is 2.34. The van der Waals surface area contributed by atoms with Gasteiger partial charge in [0.2, 0.25) is 0 Å². The third-order valence-corrected chi connectivity index (χ3v) is 3.86. The Morgan fingerprint density at radius 3 is 2.82 bits per heavy atom. The van der Waals surface area contributed by atoms with Gasteiger partial charge in [-0.15, -0.1) is 11.3 Å². The van der Waals surface area contributed by atoms with Gasteiger partial charge in [-0.25, -0.2) is 0 Å². The molecule has 0 amide bonds. The van der Waals surface area contributed by atoms with E-state index >= 15 is 0 Å². The second-order valence-corrected chi connectivity index (χ2v) is 4.93. The Hall–Kier alpha value is -2.05. The smallest absolute Gasteiger partial charge is 0.102 e. The maximum atomic E-state index is 9.31. The lowest BCUT2D eigenvalue weighted by molar-refractivity contribution is 1.44. The number of fused-ring (bicyclic) bond motifs is 1. The first-order valence-corrected chi connectivity index (χ1v) is 6.24. The average molecular weight is 238 g/mol. The number of hydrogen-bond acceptors (Lipinski definition) is 2. The van der Waals surface area contributed by atoms with Crippen LogP contribution in [0.1, 0.15) is 11.1 Å². The van der Waals surface area contributed by atoms with Crippen molar-refractivity contribution < 1.29 is 0 Å². The van der Waals surface area contributed by atoms with Crippen LogP contribution in [0.3, 0.4) is 0 Å². The molecule has 17 heavy (non-hydrogen) atoms. The van der Waals surface area contributed by atoms with Crippen molar-refractivity contribution in [3.8, 4) is 16.6 Å². The molecular weight excluding hydrogens is 228 g/mol. The Labute approximate surface area is 103 Å². The highest BCUT2D eigenvalue weighted by atomic mass is 32.1. The maximum Gasteiger partial charge on any atom is 0.102 e. The number of rotatable bonds is 1. The molecule has 2 nitrogen and oxygen atoms in total. The van der Waals surface area contributed by atoms with E-state index in [4.69, 9.17) is 0 Å². The highest BCUT2D eigenvalue weighted by Crippen LogP contribution is 2.33. The van der Waals surface area contributed by atoms with Crippen molar-refractivity contribution in [2.75, 3.05) is 0 Å². The van der Waals surface area contributed by atoms with Gasteiger partial charge in [0.1, 0.15) is 6.07 Å². The third kappa shape index (κ3) is 1.54. The monoisotopic (exact) mass is 238 g/mol. The first kappa shape index (κ1) is 10.1. The van der Waals surface area contributed by atoms with Crippen molar-refractivity contribution in [1.82, 2.24) is 4.98 Å². The van der Waals surface area contributed by atoms with Crippen LogP contribution in [-0.2, 0) is 0 Å². The summed E-state index contributed by atoms with van der Waals surface area (Å²) in [6.07, 6.45) is 0. The van der Waals surface area contributed by atoms with E-state index < -0.39 is 0 Å². The number of nitriles is 1. The number of aromatic nitrogens is 1. The van der Waals surface area contributed by atoms with Gasteiger partial charge >= 0.3 is 0 Å². The normalized spacial score (nSPS) is 10.6. The highest BCUT2D eigenvalue weighted by molar-refractivity contribution is 7.13. The molecule has 3 rings (SSSR count). The number of para-hydroxylation sites is 1. The SMILES string of the molecule is Cc1csc(-c2[nH]c3ccccc3c2C#N)c1. The fraction of sp³-hybridized carbons (Fsp3) is 0.0714. The second-order valence-electron chi connectivity index (χ2n) is 4.02. The minimum Gasteiger partial charge on any atom is -0.353 e. The van der Waals surface area contributed by atoms with E-state index in [1.54, 1.807) is 11.3 Å². The number of aromatic amines is 1. The molecule has 0 atom stereocenters. The molecule has 0 aliphatic rings. The van der Waals surface area contributed by atoms with E-state index in [9.17, 15) is 5.26 Å². The predicted octanol–water partition coefficient (Wildman–Crippen LogP) is 4.08. The van der Waals surface area contributed by atoms with Crippen LogP contribution in [-0.4, -0.2) is 4.98 Å². The topological polar surface area (TPSA) is 39.6 Å². The van der Waals surface area contributed by atoms with Crippen molar-refractivity contribution >= 4 is 22.2 Å². The molecular formula is C14H10N2S. The van der Waals surface area contributed by atoms with Gasteiger partial charge < -0.3 is 4.98 Å². The Kier molecular flexibility index (Phi) is 2.24. The summed E-state index contributed by atoms with van der Waals surface area (Å²) in [6, 6.07) is 12.3. The number of nitrogens with zero attached hydrogens (tertiary/aromatic N) is 1. The van der Waals surface area contributed by atoms with Crippen LogP contribution in [0.15, 0.2) is 35.7 Å². The van der Waals surface area contributed by atoms with Gasteiger partial charge in [-0.05, 0) is 30.0 Å². The first-order chi connectivity index (χ1) is 8.29. The molecule has 3 heteroatoms. The molecule has 0 spiro atoms. The van der Waals surface area contributed by atoms with Gasteiger partial charge in [-0.2, -0.15) is 5.26 Å². The number of benzene rings is 1. The van der Waals surface area contributed by atoms with Crippen molar-refractivity contribution in [2.24, 2.45) is 0 Å². The molecule has 1 N–H and O–H groups in total. The minimum atomic E-state index is 0.738. The van der Waals surface area contributed by atoms with Crippen LogP contribution in [0.4, 0.5) is 0 Å². The van der Waals surface area contributed by atoms with Crippen molar-refractivity contribution in [2.45, 2.75) is 6.92 Å². The molecule has 2 aromatic heterocycles. The fourth-order valence-corrected chi connectivity index (χ4v) is 2.91. The summed E-state index contributed by atoms with van der Waals surface area (Å²) < 4.78 is 0. The number of nitrogens with one attached hydrogen (secondary N) is 1. The lowest BCUT2D eigenvalue weighted by Crippen LogP contribution is -1.76. The van der Waals surface area contributed by atoms with Crippen LogP contribution < -0.4 is 0 Å². The molecule has 0 aliphatic heterocycles. The maximum absolute atomic E-state index is 9.31. The highest BCUT2D eigenvalue weighted by Gasteiger charge is 2.13. The van der Waals surface area contributed by atoms with Crippen LogP contribution in [0, 0.1) is 18.3 Å². The summed E-state index contributed by atoms with van der Waals surface area (Å²) in [6.45, 7) is 2.06. The van der Waals surface area contributed by atoms with E-state index in [0.29, 0.717) is 0 Å². The number of aryl methyl sites for hydroxylation is 1. The quantitative estimate of drug-likeness (QED) is 0.681. The second kappa shape index (κ2) is 3.76. The lowest BCUT2D eigenvalue weighted by Gasteiger charge is -1.92. The molecule has 2 heterocycles. The van der Waals surface area contributed by atoms with Crippen molar-refractivity contribution in [1.29, 1.82) is 5.26 Å². The number of thiophene rings is 1. The summed E-state index contributed by atoms with van der Waals surface area (Å²) >= 11 is 1.67. The molecule has 0 unspecified atom stereocenters. The Bertz CT molecular complexity index is 728. The zero-order chi connectivity index (χ0) is 11.8. The summed E-state index contributed by atoms with van der Waals surface area (Å²) in [5.41, 5.74) is 3.92. The molecule has 0 saturated carbocycles. The average Bonchev–Trinajstić information content (AvgIpc) is 2.91. The van der Waals surface area contributed by atoms with Crippen molar-refractivity contribution in [3.05, 3.63) is 46.8 Å². The zero-order valence-electron chi connectivity index (χ0n) is 9.32. The van der Waals surface area contributed by atoms with Gasteiger partial charge in [0.05, 0.1) is 16.1 Å². The summed E-state index contributed by atoms with van der Waals surface area (Å²) in [5, 5.41) is 12.4. The van der Waals surface area contributed by atoms with Crippen LogP contribution in [0.5, 0.6) is 0 Å². The van der Waals surface area contributed by atoms with Gasteiger partial charge in [-0.1, -0.05) is 18.2 Å². The van der Waals surface area contributed by atoms with Crippen LogP contribution in [0.2, 0.25) is 0 Å². The van der Waals surface area contributed by atoms with E-state index in [1.165, 1.54) is 5.56 Å². The van der Waals surface area contributed by atoms with E-state index in [2.05, 4.69) is 29.4 Å². The van der Waals surface area contributed by atoms with Gasteiger partial charge in [0.15, 0.2) is 0 Å². The number of H-pyrrole nitrogens is 1. The summed E-state index contributed by atoms with van der Waals surface area (Å²) in [5.74, 6) is 0. The molecule has 1 aromatic carbocycles. The van der Waals surface area contributed by atoms with E-state index in [0.717, 1.165) is 27.0 Å². The van der Waals surface area contributed by atoms with E-state index in [-0.39, 0.29) is 0 Å². The van der Waals surface area contributed by atoms with Gasteiger partial charge in [0.25, 0.3) is 0 Å². The summed E-state index contributed by atoms with van der Waals surface area (Å²) in [4.78, 5) is 4.45. The molecule has 0 aliphatic carbocycles. The lowest BCUT2D eigenvalue weighted by atomic mass is 10.1.